The highest BCUT2D eigenvalue weighted by molar-refractivity contribution is 7.99. The molecule has 5 heteroatoms. The number of amides is 1. The molecule has 0 saturated carbocycles. The van der Waals surface area contributed by atoms with Crippen LogP contribution in [0.15, 0.2) is 47.5 Å². The third-order valence-electron chi connectivity index (χ3n) is 3.73. The molecule has 0 radical (unpaired) electrons. The predicted octanol–water partition coefficient (Wildman–Crippen LogP) is 3.11. The lowest BCUT2D eigenvalue weighted by atomic mass is 10.0. The van der Waals surface area contributed by atoms with Gasteiger partial charge in [0.2, 0.25) is 0 Å². The molecule has 1 atom stereocenters. The van der Waals surface area contributed by atoms with E-state index < -0.39 is 0 Å². The fourth-order valence-electron chi connectivity index (χ4n) is 2.54. The smallest absolute Gasteiger partial charge is 0.251 e. The van der Waals surface area contributed by atoms with Crippen LogP contribution < -0.4 is 10.2 Å². The van der Waals surface area contributed by atoms with Crippen LogP contribution in [0.2, 0.25) is 0 Å². The summed E-state index contributed by atoms with van der Waals surface area (Å²) >= 11 is 1.85. The van der Waals surface area contributed by atoms with E-state index in [9.17, 15) is 4.79 Å². The average molecular weight is 313 g/mol. The molecule has 1 N–H and O–H groups in total. The van der Waals surface area contributed by atoms with Crippen molar-refractivity contribution in [2.75, 3.05) is 24.7 Å². The van der Waals surface area contributed by atoms with Crippen LogP contribution >= 0.6 is 11.8 Å². The van der Waals surface area contributed by atoms with Gasteiger partial charge in [0.05, 0.1) is 6.04 Å². The van der Waals surface area contributed by atoms with Gasteiger partial charge in [0.15, 0.2) is 0 Å². The zero-order chi connectivity index (χ0) is 15.5. The van der Waals surface area contributed by atoms with Gasteiger partial charge in [-0.25, -0.2) is 4.98 Å². The molecule has 1 aliphatic rings. The Morgan fingerprint density at radius 2 is 2.14 bits per heavy atom. The van der Waals surface area contributed by atoms with E-state index in [0.29, 0.717) is 5.56 Å². The van der Waals surface area contributed by atoms with Crippen molar-refractivity contribution in [2.24, 2.45) is 0 Å². The number of thioether (sulfide) groups is 1. The summed E-state index contributed by atoms with van der Waals surface area (Å²) < 4.78 is 0. The maximum atomic E-state index is 12.5. The maximum Gasteiger partial charge on any atom is 0.251 e. The van der Waals surface area contributed by atoms with Gasteiger partial charge in [-0.15, -0.1) is 11.8 Å². The van der Waals surface area contributed by atoms with E-state index in [2.05, 4.69) is 22.4 Å². The van der Waals surface area contributed by atoms with Crippen LogP contribution in [0, 0.1) is 0 Å². The quantitative estimate of drug-likeness (QED) is 0.946. The molecular weight excluding hydrogens is 294 g/mol. The van der Waals surface area contributed by atoms with Gasteiger partial charge in [-0.2, -0.15) is 0 Å². The van der Waals surface area contributed by atoms with Crippen molar-refractivity contribution in [1.82, 2.24) is 10.3 Å². The number of benzene rings is 1. The Hall–Kier alpha value is -2.01. The summed E-state index contributed by atoms with van der Waals surface area (Å²) in [5, 5.41) is 3.16. The van der Waals surface area contributed by atoms with Crippen molar-refractivity contribution in [1.29, 1.82) is 0 Å². The average Bonchev–Trinajstić information content (AvgIpc) is 2.55. The molecule has 0 bridgehead atoms. The Morgan fingerprint density at radius 1 is 1.32 bits per heavy atom. The number of fused-ring (bicyclic) bond motifs is 1. The van der Waals surface area contributed by atoms with Crippen molar-refractivity contribution in [3.63, 3.8) is 0 Å². The second-order valence-electron chi connectivity index (χ2n) is 5.50. The van der Waals surface area contributed by atoms with Gasteiger partial charge >= 0.3 is 0 Å². The lowest BCUT2D eigenvalue weighted by Crippen LogP contribution is -2.30. The molecular formula is C17H19N3OS. The van der Waals surface area contributed by atoms with Crippen molar-refractivity contribution in [2.45, 2.75) is 17.4 Å². The first-order chi connectivity index (χ1) is 10.6. The molecule has 0 spiro atoms. The molecule has 0 aliphatic carbocycles. The zero-order valence-corrected chi connectivity index (χ0v) is 13.6. The molecule has 1 aliphatic heterocycles. The molecule has 4 nitrogen and oxygen atoms in total. The van der Waals surface area contributed by atoms with E-state index in [1.54, 1.807) is 12.3 Å². The Bertz CT molecular complexity index is 687. The minimum atomic E-state index is -0.0443. The molecule has 114 valence electrons. The van der Waals surface area contributed by atoms with Gasteiger partial charge < -0.3 is 10.2 Å². The lowest BCUT2D eigenvalue weighted by Gasteiger charge is -2.26. The van der Waals surface area contributed by atoms with Crippen molar-refractivity contribution >= 4 is 23.5 Å². The molecule has 3 rings (SSSR count). The first-order valence-electron chi connectivity index (χ1n) is 7.31. The maximum absolute atomic E-state index is 12.5. The molecule has 1 amide bonds. The standard InChI is InChI=1S/C17H19N3OS/c1-20(2)16-11-12(7-9-18-16)17(21)19-14-8-10-22-15-6-4-3-5-13(14)15/h3-7,9,11,14H,8,10H2,1-2H3,(H,19,21). The molecule has 2 heterocycles. The van der Waals surface area contributed by atoms with E-state index >= 15 is 0 Å². The fourth-order valence-corrected chi connectivity index (χ4v) is 3.66. The Balaban J connectivity index is 1.79. The highest BCUT2D eigenvalue weighted by Gasteiger charge is 2.22. The van der Waals surface area contributed by atoms with Crippen molar-refractivity contribution < 1.29 is 4.79 Å². The van der Waals surface area contributed by atoms with E-state index in [1.807, 2.05) is 49.0 Å². The Morgan fingerprint density at radius 3 is 2.95 bits per heavy atom. The van der Waals surface area contributed by atoms with Crippen molar-refractivity contribution in [3.05, 3.63) is 53.7 Å². The summed E-state index contributed by atoms with van der Waals surface area (Å²) in [5.41, 5.74) is 1.86. The van der Waals surface area contributed by atoms with Gasteiger partial charge in [-0.1, -0.05) is 18.2 Å². The van der Waals surface area contributed by atoms with Crippen LogP contribution in [0.25, 0.3) is 0 Å². The minimum absolute atomic E-state index is 0.0443. The minimum Gasteiger partial charge on any atom is -0.363 e. The number of carbonyl (C=O) groups is 1. The van der Waals surface area contributed by atoms with E-state index in [-0.39, 0.29) is 11.9 Å². The fraction of sp³-hybridized carbons (Fsp3) is 0.294. The molecule has 2 aromatic rings. The molecule has 1 aromatic heterocycles. The number of hydrogen-bond donors (Lipinski definition) is 1. The van der Waals surface area contributed by atoms with Crippen LogP contribution in [0.1, 0.15) is 28.4 Å². The lowest BCUT2D eigenvalue weighted by molar-refractivity contribution is 0.0935. The van der Waals surface area contributed by atoms with Gasteiger partial charge in [0.1, 0.15) is 5.82 Å². The second-order valence-corrected chi connectivity index (χ2v) is 6.63. The first kappa shape index (κ1) is 14.9. The summed E-state index contributed by atoms with van der Waals surface area (Å²) in [6.07, 6.45) is 2.63. The third-order valence-corrected chi connectivity index (χ3v) is 4.85. The summed E-state index contributed by atoms with van der Waals surface area (Å²) in [6, 6.07) is 12.0. The van der Waals surface area contributed by atoms with Crippen LogP contribution in [-0.2, 0) is 0 Å². The van der Waals surface area contributed by atoms with Crippen LogP contribution in [0.3, 0.4) is 0 Å². The number of rotatable bonds is 3. The predicted molar refractivity (Wildman–Crippen MR) is 90.6 cm³/mol. The van der Waals surface area contributed by atoms with E-state index in [1.165, 1.54) is 10.5 Å². The highest BCUT2D eigenvalue weighted by atomic mass is 32.2. The van der Waals surface area contributed by atoms with Gasteiger partial charge in [0.25, 0.3) is 5.91 Å². The number of hydrogen-bond acceptors (Lipinski definition) is 4. The Kier molecular flexibility index (Phi) is 4.34. The second kappa shape index (κ2) is 6.40. The van der Waals surface area contributed by atoms with Gasteiger partial charge in [-0.3, -0.25) is 4.79 Å². The van der Waals surface area contributed by atoms with Gasteiger partial charge in [-0.05, 0) is 30.2 Å². The number of nitrogens with one attached hydrogen (secondary N) is 1. The summed E-state index contributed by atoms with van der Waals surface area (Å²) in [7, 11) is 3.83. The van der Waals surface area contributed by atoms with Crippen molar-refractivity contribution in [3.8, 4) is 0 Å². The topological polar surface area (TPSA) is 45.2 Å². The molecule has 0 saturated heterocycles. The summed E-state index contributed by atoms with van der Waals surface area (Å²) in [6.45, 7) is 0. The molecule has 22 heavy (non-hydrogen) atoms. The van der Waals surface area contributed by atoms with E-state index in [4.69, 9.17) is 0 Å². The molecule has 0 fully saturated rings. The largest absolute Gasteiger partial charge is 0.363 e. The first-order valence-corrected chi connectivity index (χ1v) is 8.29. The van der Waals surface area contributed by atoms with Crippen LogP contribution in [0.5, 0.6) is 0 Å². The summed E-state index contributed by atoms with van der Waals surface area (Å²) in [5.74, 6) is 1.77. The monoisotopic (exact) mass is 313 g/mol. The SMILES string of the molecule is CN(C)c1cc(C(=O)NC2CCSc3ccccc32)ccn1. The number of anilines is 1. The number of nitrogens with zero attached hydrogens (tertiary/aromatic N) is 2. The summed E-state index contributed by atoms with van der Waals surface area (Å²) in [4.78, 5) is 19.9. The van der Waals surface area contributed by atoms with Gasteiger partial charge in [0, 0.05) is 36.5 Å². The van der Waals surface area contributed by atoms with Crippen LogP contribution in [0.4, 0.5) is 5.82 Å². The third kappa shape index (κ3) is 3.09. The molecule has 1 unspecified atom stereocenters. The Labute approximate surface area is 134 Å². The molecule has 1 aromatic carbocycles. The normalized spacial score (nSPS) is 16.7. The van der Waals surface area contributed by atoms with E-state index in [0.717, 1.165) is 18.0 Å². The number of carbonyl (C=O) groups excluding carboxylic acids is 1. The van der Waals surface area contributed by atoms with Crippen LogP contribution in [-0.4, -0.2) is 30.7 Å². The highest BCUT2D eigenvalue weighted by Crippen LogP contribution is 2.35. The number of aromatic nitrogens is 1. The number of pyridine rings is 1. The zero-order valence-electron chi connectivity index (χ0n) is 12.7.